The summed E-state index contributed by atoms with van der Waals surface area (Å²) in [5.74, 6) is 0. The molecule has 0 saturated heterocycles. The highest BCUT2D eigenvalue weighted by Crippen LogP contribution is 2.42. The number of thiazole rings is 1. The van der Waals surface area contributed by atoms with E-state index in [4.69, 9.17) is 0 Å². The molecule has 1 heterocycles. The normalized spacial score (nSPS) is 12.2. The largest absolute Gasteiger partial charge is 0.516 e. The van der Waals surface area contributed by atoms with Gasteiger partial charge in [-0.25, -0.2) is 4.98 Å². The van der Waals surface area contributed by atoms with Crippen LogP contribution >= 0.6 is 11.3 Å². The molecule has 3 aromatic carbocycles. The fourth-order valence-corrected chi connectivity index (χ4v) is 4.70. The molecular formula is C20H13F3N2O2S2. The Morgan fingerprint density at radius 1 is 0.862 bits per heavy atom. The molecule has 0 fully saturated rings. The van der Waals surface area contributed by atoms with Crippen molar-refractivity contribution >= 4 is 37.3 Å². The fourth-order valence-electron chi connectivity index (χ4n) is 2.93. The topological polar surface area (TPSA) is 59.1 Å². The first-order valence-electron chi connectivity index (χ1n) is 8.40. The van der Waals surface area contributed by atoms with Gasteiger partial charge in [-0.2, -0.15) is 21.6 Å². The van der Waals surface area contributed by atoms with Gasteiger partial charge in [0.15, 0.2) is 5.13 Å². The van der Waals surface area contributed by atoms with Crippen molar-refractivity contribution in [2.24, 2.45) is 0 Å². The number of rotatable bonds is 4. The molecule has 4 aromatic rings. The maximum atomic E-state index is 12.8. The molecule has 29 heavy (non-hydrogen) atoms. The van der Waals surface area contributed by atoms with Crippen molar-refractivity contribution in [1.29, 1.82) is 0 Å². The van der Waals surface area contributed by atoms with Crippen LogP contribution in [0.25, 0.3) is 32.5 Å². The molecule has 4 nitrogen and oxygen atoms in total. The van der Waals surface area contributed by atoms with E-state index in [0.717, 1.165) is 27.7 Å². The summed E-state index contributed by atoms with van der Waals surface area (Å²) in [5, 5.41) is 1.50. The number of anilines is 1. The summed E-state index contributed by atoms with van der Waals surface area (Å²) in [6.07, 6.45) is 0. The first-order valence-corrected chi connectivity index (χ1v) is 10.7. The van der Waals surface area contributed by atoms with Gasteiger partial charge in [0.05, 0.1) is 10.6 Å². The van der Waals surface area contributed by atoms with Crippen LogP contribution in [0.5, 0.6) is 0 Å². The van der Waals surface area contributed by atoms with Crippen molar-refractivity contribution in [2.45, 2.75) is 5.51 Å². The highest BCUT2D eigenvalue weighted by molar-refractivity contribution is 7.93. The fraction of sp³-hybridized carbons (Fsp3) is 0.0500. The molecule has 0 atom stereocenters. The lowest BCUT2D eigenvalue weighted by Crippen LogP contribution is -2.29. The van der Waals surface area contributed by atoms with Crippen LogP contribution in [0, 0.1) is 0 Å². The summed E-state index contributed by atoms with van der Waals surface area (Å²) in [5.41, 5.74) is -3.58. The second-order valence-corrected chi connectivity index (χ2v) is 8.81. The molecule has 148 valence electrons. The maximum Gasteiger partial charge on any atom is 0.516 e. The van der Waals surface area contributed by atoms with Crippen molar-refractivity contribution in [3.05, 3.63) is 72.8 Å². The van der Waals surface area contributed by atoms with Crippen LogP contribution in [-0.4, -0.2) is 18.9 Å². The minimum absolute atomic E-state index is 0.343. The molecule has 0 saturated carbocycles. The first-order chi connectivity index (χ1) is 13.8. The van der Waals surface area contributed by atoms with Crippen molar-refractivity contribution < 1.29 is 21.6 Å². The third kappa shape index (κ3) is 3.70. The Labute approximate surface area is 168 Å². The van der Waals surface area contributed by atoms with Crippen LogP contribution < -0.4 is 4.72 Å². The number of nitrogens with zero attached hydrogens (tertiary/aromatic N) is 1. The third-order valence-corrected chi connectivity index (χ3v) is 6.44. The number of hydrogen-bond acceptors (Lipinski definition) is 4. The zero-order valence-electron chi connectivity index (χ0n) is 14.6. The van der Waals surface area contributed by atoms with E-state index in [0.29, 0.717) is 16.1 Å². The molecule has 0 aliphatic heterocycles. The molecule has 0 aliphatic carbocycles. The third-order valence-electron chi connectivity index (χ3n) is 4.24. The van der Waals surface area contributed by atoms with Crippen molar-refractivity contribution in [3.63, 3.8) is 0 Å². The van der Waals surface area contributed by atoms with Gasteiger partial charge < -0.3 is 0 Å². The van der Waals surface area contributed by atoms with Crippen LogP contribution in [0.3, 0.4) is 0 Å². The van der Waals surface area contributed by atoms with Crippen molar-refractivity contribution in [3.8, 4) is 21.7 Å². The van der Waals surface area contributed by atoms with E-state index in [1.54, 1.807) is 35.1 Å². The van der Waals surface area contributed by atoms with Gasteiger partial charge in [-0.1, -0.05) is 84.1 Å². The molecule has 0 aliphatic rings. The van der Waals surface area contributed by atoms with Gasteiger partial charge >= 0.3 is 15.5 Å². The maximum absolute atomic E-state index is 12.8. The second-order valence-electron chi connectivity index (χ2n) is 6.14. The molecular weight excluding hydrogens is 421 g/mol. The summed E-state index contributed by atoms with van der Waals surface area (Å²) >= 11 is 0.864. The second kappa shape index (κ2) is 7.16. The van der Waals surface area contributed by atoms with E-state index in [9.17, 15) is 21.6 Å². The Bertz CT molecular complexity index is 1280. The summed E-state index contributed by atoms with van der Waals surface area (Å²) in [6, 6.07) is 22.1. The number of aromatic nitrogens is 1. The molecule has 0 amide bonds. The smallest absolute Gasteiger partial charge is 0.251 e. The minimum Gasteiger partial charge on any atom is -0.251 e. The number of halogens is 3. The monoisotopic (exact) mass is 434 g/mol. The Morgan fingerprint density at radius 2 is 1.52 bits per heavy atom. The molecule has 1 N–H and O–H groups in total. The Kier molecular flexibility index (Phi) is 4.79. The van der Waals surface area contributed by atoms with Gasteiger partial charge in [0.2, 0.25) is 0 Å². The zero-order valence-corrected chi connectivity index (χ0v) is 16.3. The number of benzene rings is 3. The standard InChI is InChI=1S/C20H13F3N2O2S2/c21-20(22,23)29(26,27)25-19-24-17(14-8-2-1-3-9-14)18(28-19)16-12-6-10-13-7-4-5-11-15(13)16/h1-12H,(H,24,25). The average molecular weight is 434 g/mol. The Hall–Kier alpha value is -2.91. The van der Waals surface area contributed by atoms with Crippen molar-refractivity contribution in [2.75, 3.05) is 4.72 Å². The Morgan fingerprint density at radius 3 is 2.24 bits per heavy atom. The molecule has 1 aromatic heterocycles. The lowest BCUT2D eigenvalue weighted by atomic mass is 10.0. The summed E-state index contributed by atoms with van der Waals surface area (Å²) in [7, 11) is -5.56. The van der Waals surface area contributed by atoms with Crippen LogP contribution in [0.1, 0.15) is 0 Å². The van der Waals surface area contributed by atoms with Crippen LogP contribution in [0.15, 0.2) is 72.8 Å². The lowest BCUT2D eigenvalue weighted by Gasteiger charge is -2.07. The van der Waals surface area contributed by atoms with Gasteiger partial charge in [0.25, 0.3) is 0 Å². The number of fused-ring (bicyclic) bond motifs is 1. The van der Waals surface area contributed by atoms with E-state index in [2.05, 4.69) is 4.98 Å². The van der Waals surface area contributed by atoms with E-state index in [1.165, 1.54) is 0 Å². The molecule has 4 rings (SSSR count). The summed E-state index contributed by atoms with van der Waals surface area (Å²) in [4.78, 5) is 4.77. The molecule has 0 unspecified atom stereocenters. The predicted molar refractivity (Wildman–Crippen MR) is 109 cm³/mol. The average Bonchev–Trinajstić information content (AvgIpc) is 3.10. The highest BCUT2D eigenvalue weighted by Gasteiger charge is 2.46. The number of nitrogens with one attached hydrogen (secondary N) is 1. The van der Waals surface area contributed by atoms with E-state index in [-0.39, 0.29) is 5.13 Å². The number of alkyl halides is 3. The van der Waals surface area contributed by atoms with Gasteiger partial charge in [0.1, 0.15) is 0 Å². The molecule has 9 heteroatoms. The van der Waals surface area contributed by atoms with Gasteiger partial charge in [-0.3, -0.25) is 4.72 Å². The number of hydrogen-bond donors (Lipinski definition) is 1. The van der Waals surface area contributed by atoms with Crippen LogP contribution in [-0.2, 0) is 10.0 Å². The van der Waals surface area contributed by atoms with Gasteiger partial charge in [0, 0.05) is 11.1 Å². The minimum atomic E-state index is -5.56. The zero-order chi connectivity index (χ0) is 20.6. The predicted octanol–water partition coefficient (Wildman–Crippen LogP) is 5.89. The molecule has 0 bridgehead atoms. The van der Waals surface area contributed by atoms with Gasteiger partial charge in [-0.15, -0.1) is 0 Å². The van der Waals surface area contributed by atoms with Gasteiger partial charge in [-0.05, 0) is 10.8 Å². The summed E-state index contributed by atoms with van der Waals surface area (Å²) < 4.78 is 63.1. The Balaban J connectivity index is 1.92. The molecule has 0 radical (unpaired) electrons. The van der Waals surface area contributed by atoms with E-state index < -0.39 is 15.5 Å². The highest BCUT2D eigenvalue weighted by atomic mass is 32.2. The van der Waals surface area contributed by atoms with Crippen LogP contribution in [0.2, 0.25) is 0 Å². The van der Waals surface area contributed by atoms with E-state index >= 15 is 0 Å². The lowest BCUT2D eigenvalue weighted by molar-refractivity contribution is -0.0429. The SMILES string of the molecule is O=S(=O)(Nc1nc(-c2ccccc2)c(-c2cccc3ccccc23)s1)C(F)(F)F. The first kappa shape index (κ1) is 19.4. The van der Waals surface area contributed by atoms with E-state index in [1.807, 2.05) is 42.5 Å². The molecule has 0 spiro atoms. The van der Waals surface area contributed by atoms with Crippen molar-refractivity contribution in [1.82, 2.24) is 4.98 Å². The van der Waals surface area contributed by atoms with Crippen LogP contribution in [0.4, 0.5) is 18.3 Å². The quantitative estimate of drug-likeness (QED) is 0.436. The summed E-state index contributed by atoms with van der Waals surface area (Å²) in [6.45, 7) is 0. The number of sulfonamides is 1.